The molecule has 1 atom stereocenters. The predicted molar refractivity (Wildman–Crippen MR) is 86.6 cm³/mol. The molecule has 0 radical (unpaired) electrons. The van der Waals surface area contributed by atoms with Crippen molar-refractivity contribution in [2.45, 2.75) is 25.3 Å². The van der Waals surface area contributed by atoms with Crippen LogP contribution in [0, 0.1) is 0 Å². The third-order valence-electron chi connectivity index (χ3n) is 3.82. The highest BCUT2D eigenvalue weighted by molar-refractivity contribution is 5.19. The molecule has 114 valence electrons. The maximum absolute atomic E-state index is 5.62. The van der Waals surface area contributed by atoms with Gasteiger partial charge in [-0.3, -0.25) is 0 Å². The Morgan fingerprint density at radius 3 is 2.41 bits per heavy atom. The summed E-state index contributed by atoms with van der Waals surface area (Å²) in [5.74, 6) is 2.42. The molecule has 0 fully saturated rings. The minimum Gasteiger partial charge on any atom is -0.469 e. The monoisotopic (exact) mass is 295 g/mol. The molecule has 3 aromatic rings. The quantitative estimate of drug-likeness (QED) is 0.627. The second kappa shape index (κ2) is 7.66. The summed E-state index contributed by atoms with van der Waals surface area (Å²) in [5, 5.41) is 3.43. The molecule has 0 spiro atoms. The van der Waals surface area contributed by atoms with E-state index in [1.165, 1.54) is 5.56 Å². The third kappa shape index (κ3) is 4.12. The summed E-state index contributed by atoms with van der Waals surface area (Å²) in [5.41, 5.74) is 1.34. The van der Waals surface area contributed by atoms with Gasteiger partial charge in [0, 0.05) is 5.92 Å². The average molecular weight is 295 g/mol. The molecule has 3 rings (SSSR count). The first-order valence-electron chi connectivity index (χ1n) is 7.72. The van der Waals surface area contributed by atoms with Gasteiger partial charge < -0.3 is 14.2 Å². The Morgan fingerprint density at radius 1 is 0.864 bits per heavy atom. The van der Waals surface area contributed by atoms with Crippen LogP contribution in [0.2, 0.25) is 0 Å². The highest BCUT2D eigenvalue weighted by Crippen LogP contribution is 2.24. The van der Waals surface area contributed by atoms with Crippen molar-refractivity contribution in [2.75, 3.05) is 6.54 Å². The van der Waals surface area contributed by atoms with Crippen LogP contribution in [0.3, 0.4) is 0 Å². The fourth-order valence-corrected chi connectivity index (χ4v) is 2.67. The number of hydrogen-bond donors (Lipinski definition) is 1. The zero-order valence-electron chi connectivity index (χ0n) is 12.6. The Bertz CT molecular complexity index is 629. The summed E-state index contributed by atoms with van der Waals surface area (Å²) in [7, 11) is 0. The molecular formula is C19H21NO2. The van der Waals surface area contributed by atoms with Gasteiger partial charge in [0.05, 0.1) is 19.1 Å². The molecule has 0 aliphatic heterocycles. The zero-order valence-corrected chi connectivity index (χ0v) is 12.6. The van der Waals surface area contributed by atoms with E-state index in [4.69, 9.17) is 8.83 Å². The Hall–Kier alpha value is -2.26. The van der Waals surface area contributed by atoms with Crippen molar-refractivity contribution >= 4 is 0 Å². The molecule has 1 N–H and O–H groups in total. The van der Waals surface area contributed by atoms with E-state index in [9.17, 15) is 0 Å². The lowest BCUT2D eigenvalue weighted by atomic mass is 9.94. The van der Waals surface area contributed by atoms with E-state index >= 15 is 0 Å². The van der Waals surface area contributed by atoms with Gasteiger partial charge in [0.1, 0.15) is 11.5 Å². The molecule has 3 heteroatoms. The first-order chi connectivity index (χ1) is 10.9. The van der Waals surface area contributed by atoms with Crippen molar-refractivity contribution in [1.82, 2.24) is 5.32 Å². The molecular weight excluding hydrogens is 274 g/mol. The van der Waals surface area contributed by atoms with Crippen LogP contribution in [0.25, 0.3) is 0 Å². The number of furan rings is 2. The second-order valence-electron chi connectivity index (χ2n) is 5.45. The van der Waals surface area contributed by atoms with Crippen LogP contribution in [-0.4, -0.2) is 6.54 Å². The second-order valence-corrected chi connectivity index (χ2v) is 5.45. The lowest BCUT2D eigenvalue weighted by Gasteiger charge is -2.15. The van der Waals surface area contributed by atoms with E-state index in [0.717, 1.165) is 37.5 Å². The van der Waals surface area contributed by atoms with Crippen LogP contribution in [0.15, 0.2) is 76.0 Å². The van der Waals surface area contributed by atoms with E-state index in [2.05, 4.69) is 41.7 Å². The van der Waals surface area contributed by atoms with Crippen LogP contribution in [-0.2, 0) is 13.0 Å². The average Bonchev–Trinajstić information content (AvgIpc) is 3.24. The van der Waals surface area contributed by atoms with Crippen LogP contribution < -0.4 is 5.32 Å². The largest absolute Gasteiger partial charge is 0.469 e. The van der Waals surface area contributed by atoms with Gasteiger partial charge in [-0.2, -0.15) is 0 Å². The van der Waals surface area contributed by atoms with Crippen molar-refractivity contribution in [3.63, 3.8) is 0 Å². The smallest absolute Gasteiger partial charge is 0.117 e. The molecule has 0 aliphatic carbocycles. The SMILES string of the molecule is c1ccc(C[C@@H](CCNCc2ccco2)c2ccco2)cc1. The molecule has 0 amide bonds. The van der Waals surface area contributed by atoms with Crippen molar-refractivity contribution < 1.29 is 8.83 Å². The summed E-state index contributed by atoms with van der Waals surface area (Å²) in [6.07, 6.45) is 5.49. The van der Waals surface area contributed by atoms with E-state index < -0.39 is 0 Å². The maximum Gasteiger partial charge on any atom is 0.117 e. The van der Waals surface area contributed by atoms with Crippen LogP contribution >= 0.6 is 0 Å². The van der Waals surface area contributed by atoms with Crippen molar-refractivity contribution in [3.05, 3.63) is 84.2 Å². The summed E-state index contributed by atoms with van der Waals surface area (Å²) >= 11 is 0. The van der Waals surface area contributed by atoms with E-state index in [0.29, 0.717) is 5.92 Å². The standard InChI is InChI=1S/C19H21NO2/c1-2-6-16(7-3-1)14-17(19-9-5-13-22-19)10-11-20-15-18-8-4-12-21-18/h1-9,12-13,17,20H,10-11,14-15H2/t17-/m1/s1. The lowest BCUT2D eigenvalue weighted by Crippen LogP contribution is -2.17. The van der Waals surface area contributed by atoms with Gasteiger partial charge in [0.2, 0.25) is 0 Å². The molecule has 3 nitrogen and oxygen atoms in total. The van der Waals surface area contributed by atoms with Crippen molar-refractivity contribution in [1.29, 1.82) is 0 Å². The van der Waals surface area contributed by atoms with Gasteiger partial charge in [0.25, 0.3) is 0 Å². The molecule has 0 saturated heterocycles. The summed E-state index contributed by atoms with van der Waals surface area (Å²) < 4.78 is 11.0. The van der Waals surface area contributed by atoms with Gasteiger partial charge in [0.15, 0.2) is 0 Å². The van der Waals surface area contributed by atoms with Gasteiger partial charge in [-0.25, -0.2) is 0 Å². The third-order valence-corrected chi connectivity index (χ3v) is 3.82. The molecule has 22 heavy (non-hydrogen) atoms. The number of rotatable bonds is 8. The fourth-order valence-electron chi connectivity index (χ4n) is 2.67. The molecule has 2 aromatic heterocycles. The molecule has 0 bridgehead atoms. The van der Waals surface area contributed by atoms with Crippen LogP contribution in [0.5, 0.6) is 0 Å². The highest BCUT2D eigenvalue weighted by atomic mass is 16.3. The van der Waals surface area contributed by atoms with E-state index in [1.54, 1.807) is 12.5 Å². The van der Waals surface area contributed by atoms with Gasteiger partial charge in [-0.05, 0) is 49.2 Å². The minimum atomic E-state index is 0.390. The Balaban J connectivity index is 1.55. The van der Waals surface area contributed by atoms with Crippen LogP contribution in [0.1, 0.15) is 29.4 Å². The predicted octanol–water partition coefficient (Wildman–Crippen LogP) is 4.38. The highest BCUT2D eigenvalue weighted by Gasteiger charge is 2.15. The van der Waals surface area contributed by atoms with E-state index in [-0.39, 0.29) is 0 Å². The molecule has 0 aliphatic rings. The van der Waals surface area contributed by atoms with Gasteiger partial charge in [-0.1, -0.05) is 30.3 Å². The van der Waals surface area contributed by atoms with Crippen molar-refractivity contribution in [2.24, 2.45) is 0 Å². The van der Waals surface area contributed by atoms with Gasteiger partial charge >= 0.3 is 0 Å². The Morgan fingerprint density at radius 2 is 1.68 bits per heavy atom. The number of hydrogen-bond acceptors (Lipinski definition) is 3. The molecule has 1 aromatic carbocycles. The number of nitrogens with one attached hydrogen (secondary N) is 1. The van der Waals surface area contributed by atoms with E-state index in [1.807, 2.05) is 18.2 Å². The maximum atomic E-state index is 5.62. The van der Waals surface area contributed by atoms with Crippen molar-refractivity contribution in [3.8, 4) is 0 Å². The normalized spacial score (nSPS) is 12.4. The zero-order chi connectivity index (χ0) is 15.0. The summed E-state index contributed by atoms with van der Waals surface area (Å²) in [6.45, 7) is 1.70. The Kier molecular flexibility index (Phi) is 5.11. The number of benzene rings is 1. The fraction of sp³-hybridized carbons (Fsp3) is 0.263. The first kappa shape index (κ1) is 14.7. The minimum absolute atomic E-state index is 0.390. The topological polar surface area (TPSA) is 38.3 Å². The van der Waals surface area contributed by atoms with Crippen LogP contribution in [0.4, 0.5) is 0 Å². The summed E-state index contributed by atoms with van der Waals surface area (Å²) in [6, 6.07) is 18.5. The summed E-state index contributed by atoms with van der Waals surface area (Å²) in [4.78, 5) is 0. The lowest BCUT2D eigenvalue weighted by molar-refractivity contribution is 0.427. The first-order valence-corrected chi connectivity index (χ1v) is 7.72. The molecule has 2 heterocycles. The Labute approximate surface area is 131 Å². The molecule has 0 unspecified atom stereocenters. The molecule has 0 saturated carbocycles. The van der Waals surface area contributed by atoms with Gasteiger partial charge in [-0.15, -0.1) is 0 Å².